The predicted octanol–water partition coefficient (Wildman–Crippen LogP) is -0.948. The number of nitrogens with one attached hydrogen (secondary N) is 1. The molecule has 0 bridgehead atoms. The molecule has 9 nitrogen and oxygen atoms in total. The molecule has 21 heavy (non-hydrogen) atoms. The number of nitrogens with two attached hydrogens (primary N) is 1. The molecule has 1 saturated heterocycles. The van der Waals surface area contributed by atoms with E-state index in [0.29, 0.717) is 11.1 Å². The number of rotatable bonds is 3. The van der Waals surface area contributed by atoms with Gasteiger partial charge in [-0.2, -0.15) is 0 Å². The average molecular weight is 296 g/mol. The van der Waals surface area contributed by atoms with Gasteiger partial charge in [0.15, 0.2) is 17.2 Å². The molecule has 1 aliphatic heterocycles. The summed E-state index contributed by atoms with van der Waals surface area (Å²) in [7, 11) is 0. The van der Waals surface area contributed by atoms with Gasteiger partial charge in [-0.25, -0.2) is 15.8 Å². The number of anilines is 1. The molecule has 6 N–H and O–H groups in total. The van der Waals surface area contributed by atoms with Gasteiger partial charge in [0.05, 0.1) is 12.9 Å². The SMILES string of the molecule is C[C@]1(O)C(c2nc(NN)c3occc3n2)O[C@H](CO)[C@H]1O. The molecular formula is C12H16N4O5. The maximum Gasteiger partial charge on any atom is 0.195 e. The second kappa shape index (κ2) is 4.90. The Bertz CT molecular complexity index is 658. The molecule has 2 aromatic rings. The van der Waals surface area contributed by atoms with Crippen LogP contribution >= 0.6 is 0 Å². The van der Waals surface area contributed by atoms with E-state index in [1.807, 2.05) is 0 Å². The lowest BCUT2D eigenvalue weighted by Crippen LogP contribution is -2.43. The summed E-state index contributed by atoms with van der Waals surface area (Å²) in [6.45, 7) is 0.972. The molecule has 2 aromatic heterocycles. The van der Waals surface area contributed by atoms with Crippen LogP contribution in [0.25, 0.3) is 11.1 Å². The van der Waals surface area contributed by atoms with Crippen LogP contribution in [0.3, 0.4) is 0 Å². The molecule has 0 spiro atoms. The monoisotopic (exact) mass is 296 g/mol. The topological polar surface area (TPSA) is 147 Å². The lowest BCUT2D eigenvalue weighted by Gasteiger charge is -2.25. The molecular weight excluding hydrogens is 280 g/mol. The molecule has 1 fully saturated rings. The number of hydrogen-bond donors (Lipinski definition) is 5. The minimum atomic E-state index is -1.64. The van der Waals surface area contributed by atoms with Gasteiger partial charge < -0.3 is 29.9 Å². The van der Waals surface area contributed by atoms with E-state index >= 15 is 0 Å². The molecule has 0 radical (unpaired) electrons. The smallest absolute Gasteiger partial charge is 0.195 e. The quantitative estimate of drug-likeness (QED) is 0.357. The molecule has 1 aliphatic rings. The molecule has 114 valence electrons. The lowest BCUT2D eigenvalue weighted by molar-refractivity contribution is -0.0673. The van der Waals surface area contributed by atoms with E-state index < -0.39 is 30.5 Å². The molecule has 3 rings (SSSR count). The van der Waals surface area contributed by atoms with Crippen LogP contribution in [0.2, 0.25) is 0 Å². The zero-order chi connectivity index (χ0) is 15.2. The van der Waals surface area contributed by atoms with Crippen LogP contribution in [0.1, 0.15) is 18.9 Å². The second-order valence-electron chi connectivity index (χ2n) is 5.12. The number of nitrogens with zero attached hydrogens (tertiary/aromatic N) is 2. The van der Waals surface area contributed by atoms with E-state index in [4.69, 9.17) is 15.0 Å². The predicted molar refractivity (Wildman–Crippen MR) is 70.9 cm³/mol. The zero-order valence-electron chi connectivity index (χ0n) is 11.2. The van der Waals surface area contributed by atoms with Crippen molar-refractivity contribution in [3.63, 3.8) is 0 Å². The van der Waals surface area contributed by atoms with Crippen molar-refractivity contribution in [2.45, 2.75) is 30.8 Å². The molecule has 9 heteroatoms. The fourth-order valence-corrected chi connectivity index (χ4v) is 2.48. The number of furan rings is 1. The number of nitrogen functional groups attached to an aromatic ring is 1. The number of hydrogen-bond acceptors (Lipinski definition) is 9. The summed E-state index contributed by atoms with van der Waals surface area (Å²) in [5, 5.41) is 29.6. The number of aromatic nitrogens is 2. The summed E-state index contributed by atoms with van der Waals surface area (Å²) in [5.74, 6) is 5.77. The average Bonchev–Trinajstić information content (AvgIpc) is 3.02. The first-order valence-corrected chi connectivity index (χ1v) is 6.37. The van der Waals surface area contributed by atoms with E-state index in [9.17, 15) is 15.3 Å². The fourth-order valence-electron chi connectivity index (χ4n) is 2.48. The van der Waals surface area contributed by atoms with Gasteiger partial charge >= 0.3 is 0 Å². The van der Waals surface area contributed by atoms with Crippen molar-refractivity contribution < 1.29 is 24.5 Å². The van der Waals surface area contributed by atoms with E-state index in [1.165, 1.54) is 13.2 Å². The number of ether oxygens (including phenoxy) is 1. The highest BCUT2D eigenvalue weighted by Gasteiger charge is 2.53. The second-order valence-corrected chi connectivity index (χ2v) is 5.12. The fraction of sp³-hybridized carbons (Fsp3) is 0.500. The van der Waals surface area contributed by atoms with Gasteiger partial charge in [0.2, 0.25) is 0 Å². The Morgan fingerprint density at radius 2 is 2.24 bits per heavy atom. The van der Waals surface area contributed by atoms with Crippen LogP contribution in [0, 0.1) is 0 Å². The van der Waals surface area contributed by atoms with Crippen LogP contribution in [0.4, 0.5) is 5.82 Å². The number of aliphatic hydroxyl groups is 3. The lowest BCUT2D eigenvalue weighted by atomic mass is 9.92. The minimum Gasteiger partial charge on any atom is -0.459 e. The first-order valence-electron chi connectivity index (χ1n) is 6.37. The van der Waals surface area contributed by atoms with Gasteiger partial charge in [0, 0.05) is 6.07 Å². The van der Waals surface area contributed by atoms with Gasteiger partial charge in [-0.15, -0.1) is 0 Å². The Morgan fingerprint density at radius 1 is 1.48 bits per heavy atom. The van der Waals surface area contributed by atoms with E-state index in [2.05, 4.69) is 15.4 Å². The molecule has 3 heterocycles. The summed E-state index contributed by atoms with van der Waals surface area (Å²) in [6.07, 6.45) is -1.74. The van der Waals surface area contributed by atoms with Crippen LogP contribution in [-0.2, 0) is 4.74 Å². The van der Waals surface area contributed by atoms with Crippen molar-refractivity contribution in [3.8, 4) is 0 Å². The summed E-state index contributed by atoms with van der Waals surface area (Å²) in [5.41, 5.74) is 1.60. The van der Waals surface area contributed by atoms with Gasteiger partial charge in [-0.3, -0.25) is 0 Å². The Hall–Kier alpha value is -1.78. The van der Waals surface area contributed by atoms with E-state index in [-0.39, 0.29) is 11.6 Å². The number of fused-ring (bicyclic) bond motifs is 1. The van der Waals surface area contributed by atoms with Gasteiger partial charge in [-0.05, 0) is 6.92 Å². The molecule has 0 saturated carbocycles. The third-order valence-electron chi connectivity index (χ3n) is 3.66. The third-order valence-corrected chi connectivity index (χ3v) is 3.66. The van der Waals surface area contributed by atoms with Crippen LogP contribution < -0.4 is 11.3 Å². The molecule has 4 atom stereocenters. The summed E-state index contributed by atoms with van der Waals surface area (Å²) < 4.78 is 10.7. The third kappa shape index (κ3) is 2.06. The largest absolute Gasteiger partial charge is 0.459 e. The van der Waals surface area contributed by atoms with Crippen molar-refractivity contribution in [1.29, 1.82) is 0 Å². The van der Waals surface area contributed by atoms with Gasteiger partial charge in [0.1, 0.15) is 29.4 Å². The van der Waals surface area contributed by atoms with Crippen molar-refractivity contribution in [2.24, 2.45) is 5.84 Å². The van der Waals surface area contributed by atoms with Crippen LogP contribution in [-0.4, -0.2) is 49.7 Å². The van der Waals surface area contributed by atoms with Crippen molar-refractivity contribution >= 4 is 16.9 Å². The summed E-state index contributed by atoms with van der Waals surface area (Å²) in [4.78, 5) is 8.40. The van der Waals surface area contributed by atoms with Crippen molar-refractivity contribution in [1.82, 2.24) is 9.97 Å². The summed E-state index contributed by atoms with van der Waals surface area (Å²) >= 11 is 0. The van der Waals surface area contributed by atoms with Crippen molar-refractivity contribution in [3.05, 3.63) is 18.2 Å². The maximum absolute atomic E-state index is 10.4. The maximum atomic E-state index is 10.4. The van der Waals surface area contributed by atoms with Crippen LogP contribution in [0.15, 0.2) is 16.7 Å². The Balaban J connectivity index is 2.07. The first-order chi connectivity index (χ1) is 9.98. The number of hydrazine groups is 1. The summed E-state index contributed by atoms with van der Waals surface area (Å²) in [6, 6.07) is 1.62. The zero-order valence-corrected chi connectivity index (χ0v) is 11.2. The normalized spacial score (nSPS) is 32.7. The molecule has 1 unspecified atom stereocenters. The minimum absolute atomic E-state index is 0.136. The van der Waals surface area contributed by atoms with Gasteiger partial charge in [0.25, 0.3) is 0 Å². The van der Waals surface area contributed by atoms with Crippen molar-refractivity contribution in [2.75, 3.05) is 12.0 Å². The van der Waals surface area contributed by atoms with E-state index in [0.717, 1.165) is 0 Å². The highest BCUT2D eigenvalue weighted by atomic mass is 16.6. The standard InChI is InChI=1S/C12H16N4O5/c1-12(19)8(18)6(4-17)21-9(12)11-14-5-2-3-20-7(5)10(15-11)16-13/h2-3,6,8-9,17-19H,4,13H2,1H3,(H,14,15,16)/t6-,8-,9?,12-/m1/s1. The Kier molecular flexibility index (Phi) is 3.30. The van der Waals surface area contributed by atoms with Crippen LogP contribution in [0.5, 0.6) is 0 Å². The Labute approximate surface area is 119 Å². The highest BCUT2D eigenvalue weighted by Crippen LogP contribution is 2.41. The van der Waals surface area contributed by atoms with Gasteiger partial charge in [-0.1, -0.05) is 0 Å². The first kappa shape index (κ1) is 14.2. The molecule has 0 amide bonds. The Morgan fingerprint density at radius 3 is 2.86 bits per heavy atom. The molecule has 0 aromatic carbocycles. The highest BCUT2D eigenvalue weighted by molar-refractivity contribution is 5.83. The molecule has 0 aliphatic carbocycles. The number of aliphatic hydroxyl groups excluding tert-OH is 2. The van der Waals surface area contributed by atoms with E-state index in [1.54, 1.807) is 6.07 Å².